The van der Waals surface area contributed by atoms with E-state index in [1.807, 2.05) is 23.9 Å². The van der Waals surface area contributed by atoms with Crippen molar-refractivity contribution in [1.29, 1.82) is 0 Å². The molecule has 1 aromatic carbocycles. The van der Waals surface area contributed by atoms with Crippen molar-refractivity contribution in [2.24, 2.45) is 12.8 Å². The molecule has 0 bridgehead atoms. The maximum Gasteiger partial charge on any atom is 0.125 e. The molecule has 0 saturated carbocycles. The van der Waals surface area contributed by atoms with Gasteiger partial charge in [0.25, 0.3) is 0 Å². The van der Waals surface area contributed by atoms with E-state index in [0.717, 1.165) is 29.1 Å². The highest BCUT2D eigenvalue weighted by Crippen LogP contribution is 2.29. The monoisotopic (exact) mass is 293 g/mol. The Morgan fingerprint density at radius 2 is 2.15 bits per heavy atom. The summed E-state index contributed by atoms with van der Waals surface area (Å²) in [5.74, 6) is 0.725. The highest BCUT2D eigenvalue weighted by atomic mass is 35.5. The van der Waals surface area contributed by atoms with Gasteiger partial charge in [-0.3, -0.25) is 4.68 Å². The van der Waals surface area contributed by atoms with Crippen LogP contribution >= 0.6 is 11.6 Å². The summed E-state index contributed by atoms with van der Waals surface area (Å²) in [6.07, 6.45) is 1.63. The smallest absolute Gasteiger partial charge is 0.125 e. The van der Waals surface area contributed by atoms with E-state index in [0.29, 0.717) is 11.4 Å². The third-order valence-corrected chi connectivity index (χ3v) is 3.65. The van der Waals surface area contributed by atoms with Crippen LogP contribution in [0.3, 0.4) is 0 Å². The number of halogens is 1. The van der Waals surface area contributed by atoms with E-state index in [2.05, 4.69) is 18.1 Å². The minimum absolute atomic E-state index is 0.151. The number of methoxy groups -OCH3 is 1. The lowest BCUT2D eigenvalue weighted by molar-refractivity contribution is 0.405. The zero-order valence-electron chi connectivity index (χ0n) is 12.1. The highest BCUT2D eigenvalue weighted by Gasteiger charge is 2.15. The van der Waals surface area contributed by atoms with Gasteiger partial charge in [0, 0.05) is 35.8 Å². The van der Waals surface area contributed by atoms with Crippen LogP contribution in [-0.2, 0) is 19.9 Å². The molecule has 1 unspecified atom stereocenters. The van der Waals surface area contributed by atoms with Crippen molar-refractivity contribution < 1.29 is 4.74 Å². The second kappa shape index (κ2) is 6.29. The number of hydrogen-bond acceptors (Lipinski definition) is 3. The zero-order valence-corrected chi connectivity index (χ0v) is 12.8. The van der Waals surface area contributed by atoms with Crippen molar-refractivity contribution in [2.45, 2.75) is 25.8 Å². The average Bonchev–Trinajstić information content (AvgIpc) is 2.79. The molecule has 0 saturated heterocycles. The van der Waals surface area contributed by atoms with E-state index in [-0.39, 0.29) is 6.04 Å². The fourth-order valence-electron chi connectivity index (χ4n) is 2.26. The van der Waals surface area contributed by atoms with Gasteiger partial charge < -0.3 is 10.5 Å². The van der Waals surface area contributed by atoms with E-state index in [1.54, 1.807) is 13.2 Å². The Labute approximate surface area is 124 Å². The van der Waals surface area contributed by atoms with Gasteiger partial charge in [-0.2, -0.15) is 5.10 Å². The second-order valence-corrected chi connectivity index (χ2v) is 5.24. The summed E-state index contributed by atoms with van der Waals surface area (Å²) in [7, 11) is 3.57. The lowest BCUT2D eigenvalue weighted by atomic mass is 10.0. The van der Waals surface area contributed by atoms with Gasteiger partial charge in [0.05, 0.1) is 12.8 Å². The van der Waals surface area contributed by atoms with Crippen LogP contribution in [-0.4, -0.2) is 16.9 Å². The van der Waals surface area contributed by atoms with E-state index in [9.17, 15) is 0 Å². The summed E-state index contributed by atoms with van der Waals surface area (Å²) in [5.41, 5.74) is 9.46. The Morgan fingerprint density at radius 1 is 1.40 bits per heavy atom. The van der Waals surface area contributed by atoms with Crippen LogP contribution in [0.5, 0.6) is 5.75 Å². The molecule has 0 fully saturated rings. The first-order chi connectivity index (χ1) is 9.55. The van der Waals surface area contributed by atoms with E-state index in [4.69, 9.17) is 22.1 Å². The number of rotatable bonds is 5. The van der Waals surface area contributed by atoms with Crippen LogP contribution in [0.2, 0.25) is 5.02 Å². The molecule has 0 spiro atoms. The standard InChI is InChI=1S/C15H20ClN3O/c1-4-11-8-12(19(2)18-11)9-14(17)13-6-5-10(16)7-15(13)20-3/h5-8,14H,4,9,17H2,1-3H3. The van der Waals surface area contributed by atoms with Crippen LogP contribution in [0.15, 0.2) is 24.3 Å². The predicted octanol–water partition coefficient (Wildman–Crippen LogP) is 2.89. The number of nitrogens with two attached hydrogens (primary N) is 1. The molecular formula is C15H20ClN3O. The summed E-state index contributed by atoms with van der Waals surface area (Å²) < 4.78 is 7.24. The molecule has 4 nitrogen and oxygen atoms in total. The summed E-state index contributed by atoms with van der Waals surface area (Å²) in [5, 5.41) is 5.09. The predicted molar refractivity (Wildman–Crippen MR) is 81.2 cm³/mol. The molecule has 0 aliphatic heterocycles. The average molecular weight is 294 g/mol. The Hall–Kier alpha value is -1.52. The summed E-state index contributed by atoms with van der Waals surface area (Å²) in [6, 6.07) is 7.49. The minimum Gasteiger partial charge on any atom is -0.496 e. The topological polar surface area (TPSA) is 53.1 Å². The molecule has 2 aromatic rings. The van der Waals surface area contributed by atoms with Gasteiger partial charge in [0.2, 0.25) is 0 Å². The SMILES string of the molecule is CCc1cc(CC(N)c2ccc(Cl)cc2OC)n(C)n1. The van der Waals surface area contributed by atoms with Crippen LogP contribution in [0, 0.1) is 0 Å². The summed E-state index contributed by atoms with van der Waals surface area (Å²) in [6.45, 7) is 2.09. The molecule has 1 atom stereocenters. The van der Waals surface area contributed by atoms with Crippen molar-refractivity contribution >= 4 is 11.6 Å². The number of aryl methyl sites for hydroxylation is 2. The Kier molecular flexibility index (Phi) is 4.68. The third-order valence-electron chi connectivity index (χ3n) is 3.41. The van der Waals surface area contributed by atoms with Crippen LogP contribution in [0.1, 0.15) is 29.9 Å². The molecule has 0 aliphatic rings. The fraction of sp³-hybridized carbons (Fsp3) is 0.400. The zero-order chi connectivity index (χ0) is 14.7. The van der Waals surface area contributed by atoms with E-state index >= 15 is 0 Å². The Balaban J connectivity index is 2.23. The first-order valence-electron chi connectivity index (χ1n) is 6.66. The van der Waals surface area contributed by atoms with Crippen molar-refractivity contribution in [3.63, 3.8) is 0 Å². The fourth-order valence-corrected chi connectivity index (χ4v) is 2.42. The van der Waals surface area contributed by atoms with E-state index < -0.39 is 0 Å². The molecule has 1 aromatic heterocycles. The number of benzene rings is 1. The van der Waals surface area contributed by atoms with Crippen molar-refractivity contribution in [2.75, 3.05) is 7.11 Å². The molecule has 5 heteroatoms. The van der Waals surface area contributed by atoms with Crippen LogP contribution < -0.4 is 10.5 Å². The van der Waals surface area contributed by atoms with Gasteiger partial charge in [-0.25, -0.2) is 0 Å². The normalized spacial score (nSPS) is 12.4. The second-order valence-electron chi connectivity index (χ2n) is 4.80. The van der Waals surface area contributed by atoms with Gasteiger partial charge in [-0.15, -0.1) is 0 Å². The van der Waals surface area contributed by atoms with Crippen molar-refractivity contribution in [3.8, 4) is 5.75 Å². The first-order valence-corrected chi connectivity index (χ1v) is 7.03. The highest BCUT2D eigenvalue weighted by molar-refractivity contribution is 6.30. The molecule has 2 N–H and O–H groups in total. The lowest BCUT2D eigenvalue weighted by Gasteiger charge is -2.16. The van der Waals surface area contributed by atoms with E-state index in [1.165, 1.54) is 0 Å². The molecule has 0 amide bonds. The molecule has 0 radical (unpaired) electrons. The Morgan fingerprint density at radius 3 is 2.75 bits per heavy atom. The molecule has 108 valence electrons. The van der Waals surface area contributed by atoms with Crippen molar-refractivity contribution in [1.82, 2.24) is 9.78 Å². The largest absolute Gasteiger partial charge is 0.496 e. The molecule has 20 heavy (non-hydrogen) atoms. The molecule has 1 heterocycles. The summed E-state index contributed by atoms with van der Waals surface area (Å²) >= 11 is 5.97. The Bertz CT molecular complexity index is 595. The minimum atomic E-state index is -0.151. The number of hydrogen-bond donors (Lipinski definition) is 1. The maximum atomic E-state index is 6.31. The van der Waals surface area contributed by atoms with Gasteiger partial charge in [0.15, 0.2) is 0 Å². The van der Waals surface area contributed by atoms with Gasteiger partial charge in [-0.1, -0.05) is 24.6 Å². The molecule has 2 rings (SSSR count). The number of ether oxygens (including phenoxy) is 1. The van der Waals surface area contributed by atoms with Crippen LogP contribution in [0.4, 0.5) is 0 Å². The quantitative estimate of drug-likeness (QED) is 0.922. The van der Waals surface area contributed by atoms with Gasteiger partial charge >= 0.3 is 0 Å². The van der Waals surface area contributed by atoms with Gasteiger partial charge in [0.1, 0.15) is 5.75 Å². The maximum absolute atomic E-state index is 6.31. The third kappa shape index (κ3) is 3.14. The molecule has 0 aliphatic carbocycles. The van der Waals surface area contributed by atoms with Crippen molar-refractivity contribution in [3.05, 3.63) is 46.2 Å². The lowest BCUT2D eigenvalue weighted by Crippen LogP contribution is -2.16. The number of aromatic nitrogens is 2. The van der Waals surface area contributed by atoms with Gasteiger partial charge in [-0.05, 0) is 24.6 Å². The number of nitrogens with zero attached hydrogens (tertiary/aromatic N) is 2. The first kappa shape index (κ1) is 14.9. The van der Waals surface area contributed by atoms with Crippen LogP contribution in [0.25, 0.3) is 0 Å². The molecular weight excluding hydrogens is 274 g/mol. The summed E-state index contributed by atoms with van der Waals surface area (Å²) in [4.78, 5) is 0.